The summed E-state index contributed by atoms with van der Waals surface area (Å²) in [7, 11) is 0. The number of amides is 3. The molecule has 2 atom stereocenters. The lowest BCUT2D eigenvalue weighted by atomic mass is 9.86. The summed E-state index contributed by atoms with van der Waals surface area (Å²) in [4.78, 5) is 68.6. The number of ketones is 1. The second kappa shape index (κ2) is 10.6. The molecule has 4 aliphatic rings. The quantitative estimate of drug-likeness (QED) is 0.527. The van der Waals surface area contributed by atoms with Crippen LogP contribution in [0, 0.1) is 6.92 Å². The van der Waals surface area contributed by atoms with Gasteiger partial charge in [0.2, 0.25) is 0 Å². The molecule has 11 heteroatoms. The van der Waals surface area contributed by atoms with Gasteiger partial charge in [0.05, 0.1) is 29.6 Å². The SMILES string of the molecule is Cc1cnc(NC(=O)C2=CC(OC3CCN(C4CCC4)C3=O)=CC(c3ccc(C(=O)N4CCC4)nc3)C2=O)cn1. The van der Waals surface area contributed by atoms with Crippen molar-refractivity contribution in [3.63, 3.8) is 0 Å². The Morgan fingerprint density at radius 2 is 1.80 bits per heavy atom. The number of carbonyl (C=O) groups is 4. The number of nitrogens with zero attached hydrogens (tertiary/aromatic N) is 5. The van der Waals surface area contributed by atoms with Crippen LogP contribution in [0.2, 0.25) is 0 Å². The maximum absolute atomic E-state index is 13.6. The molecule has 0 radical (unpaired) electrons. The molecule has 11 nitrogen and oxygen atoms in total. The fourth-order valence-electron chi connectivity index (χ4n) is 5.21. The van der Waals surface area contributed by atoms with Crippen LogP contribution in [0.25, 0.3) is 0 Å². The highest BCUT2D eigenvalue weighted by Gasteiger charge is 2.40. The van der Waals surface area contributed by atoms with E-state index in [0.717, 1.165) is 25.7 Å². The Hall–Kier alpha value is -4.41. The van der Waals surface area contributed by atoms with E-state index in [-0.39, 0.29) is 35.0 Å². The van der Waals surface area contributed by atoms with Crippen LogP contribution < -0.4 is 5.32 Å². The highest BCUT2D eigenvalue weighted by atomic mass is 16.5. The normalized spacial score (nSPS) is 22.7. The largest absolute Gasteiger partial charge is 0.481 e. The van der Waals surface area contributed by atoms with Gasteiger partial charge in [0.1, 0.15) is 11.5 Å². The number of hydrogen-bond donors (Lipinski definition) is 1. The van der Waals surface area contributed by atoms with Crippen molar-refractivity contribution in [3.05, 3.63) is 71.2 Å². The summed E-state index contributed by atoms with van der Waals surface area (Å²) >= 11 is 0. The predicted octanol–water partition coefficient (Wildman–Crippen LogP) is 2.31. The minimum atomic E-state index is -0.884. The average molecular weight is 543 g/mol. The smallest absolute Gasteiger partial charge is 0.272 e. The molecule has 2 aromatic heterocycles. The molecule has 0 spiro atoms. The monoisotopic (exact) mass is 542 g/mol. The zero-order valence-electron chi connectivity index (χ0n) is 22.2. The lowest BCUT2D eigenvalue weighted by molar-refractivity contribution is -0.138. The van der Waals surface area contributed by atoms with E-state index in [1.807, 2.05) is 4.90 Å². The number of pyridine rings is 1. The number of aryl methyl sites for hydroxylation is 1. The summed E-state index contributed by atoms with van der Waals surface area (Å²) in [6, 6.07) is 3.53. The first kappa shape index (κ1) is 25.8. The van der Waals surface area contributed by atoms with E-state index in [2.05, 4.69) is 20.3 Å². The Bertz CT molecular complexity index is 1410. The number of anilines is 1. The predicted molar refractivity (Wildman–Crippen MR) is 143 cm³/mol. The van der Waals surface area contributed by atoms with E-state index >= 15 is 0 Å². The van der Waals surface area contributed by atoms with Crippen LogP contribution in [-0.4, -0.2) is 80.0 Å². The summed E-state index contributed by atoms with van der Waals surface area (Å²) < 4.78 is 6.13. The van der Waals surface area contributed by atoms with Crippen molar-refractivity contribution < 1.29 is 23.9 Å². The summed E-state index contributed by atoms with van der Waals surface area (Å²) in [5.41, 5.74) is 1.36. The van der Waals surface area contributed by atoms with Gasteiger partial charge in [-0.1, -0.05) is 6.07 Å². The molecule has 2 unspecified atom stereocenters. The van der Waals surface area contributed by atoms with Gasteiger partial charge in [-0.05, 0) is 56.4 Å². The molecule has 2 saturated heterocycles. The van der Waals surface area contributed by atoms with Crippen molar-refractivity contribution in [1.82, 2.24) is 24.8 Å². The van der Waals surface area contributed by atoms with Gasteiger partial charge in [-0.15, -0.1) is 0 Å². The molecule has 0 aromatic carbocycles. The average Bonchev–Trinajstić information content (AvgIpc) is 3.23. The van der Waals surface area contributed by atoms with E-state index in [9.17, 15) is 19.2 Å². The van der Waals surface area contributed by atoms with Crippen molar-refractivity contribution in [1.29, 1.82) is 0 Å². The summed E-state index contributed by atoms with van der Waals surface area (Å²) in [5, 5.41) is 2.63. The highest BCUT2D eigenvalue weighted by Crippen LogP contribution is 2.33. The van der Waals surface area contributed by atoms with E-state index in [4.69, 9.17) is 4.74 Å². The molecule has 0 bridgehead atoms. The number of carbonyl (C=O) groups excluding carboxylic acids is 4. The molecule has 2 aliphatic heterocycles. The second-order valence-corrected chi connectivity index (χ2v) is 10.6. The third-order valence-corrected chi connectivity index (χ3v) is 7.93. The Balaban J connectivity index is 1.26. The Morgan fingerprint density at radius 1 is 0.975 bits per heavy atom. The lowest BCUT2D eigenvalue weighted by Gasteiger charge is -2.34. The molecule has 4 heterocycles. The van der Waals surface area contributed by atoms with Crippen molar-refractivity contribution >= 4 is 29.3 Å². The molecule has 6 rings (SSSR count). The maximum Gasteiger partial charge on any atom is 0.272 e. The number of Topliss-reactive ketones (excluding diaryl/α,β-unsaturated/α-hetero) is 1. The minimum absolute atomic E-state index is 0.0658. The molecule has 1 saturated carbocycles. The van der Waals surface area contributed by atoms with Crippen molar-refractivity contribution in [2.75, 3.05) is 25.0 Å². The highest BCUT2D eigenvalue weighted by molar-refractivity contribution is 6.26. The third kappa shape index (κ3) is 4.99. The fourth-order valence-corrected chi connectivity index (χ4v) is 5.21. The zero-order chi connectivity index (χ0) is 27.8. The van der Waals surface area contributed by atoms with E-state index < -0.39 is 23.7 Å². The topological polar surface area (TPSA) is 135 Å². The van der Waals surface area contributed by atoms with Crippen LogP contribution in [0.5, 0.6) is 0 Å². The fraction of sp³-hybridized carbons (Fsp3) is 0.414. The first-order valence-corrected chi connectivity index (χ1v) is 13.7. The van der Waals surface area contributed by atoms with Crippen LogP contribution in [0.15, 0.2) is 54.2 Å². The zero-order valence-corrected chi connectivity index (χ0v) is 22.2. The molecular formula is C29H30N6O5. The Labute approximate surface area is 231 Å². The molecule has 206 valence electrons. The Kier molecular flexibility index (Phi) is 6.87. The van der Waals surface area contributed by atoms with Gasteiger partial charge in [0, 0.05) is 38.3 Å². The molecule has 1 N–H and O–H groups in total. The van der Waals surface area contributed by atoms with Crippen LogP contribution in [-0.2, 0) is 19.1 Å². The number of hydrogen-bond acceptors (Lipinski definition) is 8. The minimum Gasteiger partial charge on any atom is -0.481 e. The van der Waals surface area contributed by atoms with E-state index in [0.29, 0.717) is 43.0 Å². The number of allylic oxidation sites excluding steroid dienone is 2. The van der Waals surface area contributed by atoms with Gasteiger partial charge in [-0.3, -0.25) is 29.1 Å². The van der Waals surface area contributed by atoms with Crippen molar-refractivity contribution in [2.24, 2.45) is 0 Å². The molecule has 40 heavy (non-hydrogen) atoms. The number of nitrogens with one attached hydrogen (secondary N) is 1. The van der Waals surface area contributed by atoms with Crippen molar-refractivity contribution in [3.8, 4) is 0 Å². The standard InChI is InChI=1S/C29H30N6O5/c1-17-14-32-25(16-30-17)33-27(37)22-13-20(40-24-8-11-35(29(24)39)19-4-2-5-19)12-21(26(22)36)18-6-7-23(31-15-18)28(38)34-9-3-10-34/h6-7,12-16,19,21,24H,2-5,8-11H2,1H3,(H,32,33,37). The molecule has 3 amide bonds. The van der Waals surface area contributed by atoms with E-state index in [1.165, 1.54) is 24.7 Å². The van der Waals surface area contributed by atoms with Crippen LogP contribution in [0.4, 0.5) is 5.82 Å². The summed E-state index contributed by atoms with van der Waals surface area (Å²) in [6.45, 7) is 3.82. The van der Waals surface area contributed by atoms with Gasteiger partial charge >= 0.3 is 0 Å². The molecular weight excluding hydrogens is 512 g/mol. The van der Waals surface area contributed by atoms with E-state index in [1.54, 1.807) is 30.0 Å². The second-order valence-electron chi connectivity index (χ2n) is 10.6. The molecule has 2 aromatic rings. The summed E-state index contributed by atoms with van der Waals surface area (Å²) in [6.07, 6.45) is 11.4. The van der Waals surface area contributed by atoms with Gasteiger partial charge < -0.3 is 19.9 Å². The molecule has 2 aliphatic carbocycles. The van der Waals surface area contributed by atoms with Crippen LogP contribution >= 0.6 is 0 Å². The third-order valence-electron chi connectivity index (χ3n) is 7.93. The van der Waals surface area contributed by atoms with Gasteiger partial charge in [0.15, 0.2) is 17.7 Å². The maximum atomic E-state index is 13.6. The summed E-state index contributed by atoms with van der Waals surface area (Å²) in [5.74, 6) is -1.75. The number of rotatable bonds is 7. The Morgan fingerprint density at radius 3 is 2.42 bits per heavy atom. The molecule has 3 fully saturated rings. The number of ether oxygens (including phenoxy) is 1. The first-order valence-electron chi connectivity index (χ1n) is 13.7. The number of aromatic nitrogens is 3. The van der Waals surface area contributed by atoms with Crippen LogP contribution in [0.3, 0.4) is 0 Å². The van der Waals surface area contributed by atoms with Gasteiger partial charge in [-0.2, -0.15) is 0 Å². The van der Waals surface area contributed by atoms with Crippen molar-refractivity contribution in [2.45, 2.75) is 57.1 Å². The van der Waals surface area contributed by atoms with Gasteiger partial charge in [0.25, 0.3) is 17.7 Å². The lowest BCUT2D eigenvalue weighted by Crippen LogP contribution is -2.43. The van der Waals surface area contributed by atoms with Crippen LogP contribution in [0.1, 0.15) is 59.8 Å². The number of likely N-dealkylation sites (tertiary alicyclic amines) is 2. The first-order chi connectivity index (χ1) is 19.4. The van der Waals surface area contributed by atoms with Gasteiger partial charge in [-0.25, -0.2) is 4.98 Å².